The molecular formula is C11H22IN5. The molecule has 0 aromatic carbocycles. The molecule has 6 heteroatoms. The van der Waals surface area contributed by atoms with Crippen LogP contribution in [-0.2, 0) is 13.5 Å². The van der Waals surface area contributed by atoms with E-state index in [-0.39, 0.29) is 24.0 Å². The Hall–Kier alpha value is -0.790. The quantitative estimate of drug-likeness (QED) is 0.351. The van der Waals surface area contributed by atoms with E-state index in [1.165, 1.54) is 5.56 Å². The highest BCUT2D eigenvalue weighted by molar-refractivity contribution is 14.0. The third-order valence-electron chi connectivity index (χ3n) is 2.27. The average molecular weight is 351 g/mol. The number of hydrogen-bond donors (Lipinski definition) is 2. The standard InChI is InChI=1S/C11H21N5.HI/c1-3-4-6-13-11(12)14-7-5-10-8-15-16(2)9-10;/h8-9H,3-7H2,1-2H3,(H3,12,13,14);1H. The SMILES string of the molecule is CCCCN=C(N)NCCc1cnn(C)c1.I. The Balaban J connectivity index is 0.00000256. The Kier molecular flexibility index (Phi) is 8.83. The summed E-state index contributed by atoms with van der Waals surface area (Å²) in [6, 6.07) is 0. The summed E-state index contributed by atoms with van der Waals surface area (Å²) in [5.74, 6) is 0.539. The van der Waals surface area contributed by atoms with Gasteiger partial charge in [0.25, 0.3) is 0 Å². The summed E-state index contributed by atoms with van der Waals surface area (Å²) < 4.78 is 1.80. The number of halogens is 1. The number of aromatic nitrogens is 2. The number of nitrogens with one attached hydrogen (secondary N) is 1. The van der Waals surface area contributed by atoms with E-state index in [0.29, 0.717) is 5.96 Å². The first-order chi connectivity index (χ1) is 7.72. The van der Waals surface area contributed by atoms with Crippen LogP contribution in [0.2, 0.25) is 0 Å². The summed E-state index contributed by atoms with van der Waals surface area (Å²) in [6.07, 6.45) is 7.02. The van der Waals surface area contributed by atoms with Crippen LogP contribution in [-0.4, -0.2) is 28.8 Å². The van der Waals surface area contributed by atoms with E-state index in [4.69, 9.17) is 5.73 Å². The molecule has 0 saturated carbocycles. The van der Waals surface area contributed by atoms with Crippen molar-refractivity contribution < 1.29 is 0 Å². The first kappa shape index (κ1) is 16.2. The smallest absolute Gasteiger partial charge is 0.188 e. The molecule has 1 rings (SSSR count). The minimum Gasteiger partial charge on any atom is -0.370 e. The van der Waals surface area contributed by atoms with Gasteiger partial charge in [-0.2, -0.15) is 5.10 Å². The van der Waals surface area contributed by atoms with E-state index in [9.17, 15) is 0 Å². The van der Waals surface area contributed by atoms with Crippen molar-refractivity contribution in [3.63, 3.8) is 0 Å². The molecule has 1 aromatic rings. The zero-order valence-electron chi connectivity index (χ0n) is 10.5. The number of aliphatic imine (C=N–C) groups is 1. The minimum absolute atomic E-state index is 0. The number of unbranched alkanes of at least 4 members (excludes halogenated alkanes) is 1. The predicted octanol–water partition coefficient (Wildman–Crippen LogP) is 1.28. The van der Waals surface area contributed by atoms with E-state index in [1.54, 1.807) is 4.68 Å². The molecule has 0 bridgehead atoms. The van der Waals surface area contributed by atoms with Crippen LogP contribution in [0, 0.1) is 0 Å². The van der Waals surface area contributed by atoms with E-state index in [0.717, 1.165) is 32.4 Å². The molecular weight excluding hydrogens is 329 g/mol. The molecule has 17 heavy (non-hydrogen) atoms. The van der Waals surface area contributed by atoms with E-state index in [1.807, 2.05) is 19.4 Å². The van der Waals surface area contributed by atoms with Crippen molar-refractivity contribution in [1.82, 2.24) is 15.1 Å². The second kappa shape index (κ2) is 9.26. The largest absolute Gasteiger partial charge is 0.370 e. The van der Waals surface area contributed by atoms with Gasteiger partial charge in [-0.1, -0.05) is 13.3 Å². The van der Waals surface area contributed by atoms with Crippen molar-refractivity contribution in [3.05, 3.63) is 18.0 Å². The lowest BCUT2D eigenvalue weighted by Gasteiger charge is -2.03. The normalized spacial score (nSPS) is 11.1. The molecule has 0 saturated heterocycles. The molecule has 3 N–H and O–H groups in total. The number of nitrogens with zero attached hydrogens (tertiary/aromatic N) is 3. The first-order valence-corrected chi connectivity index (χ1v) is 5.73. The van der Waals surface area contributed by atoms with Gasteiger partial charge in [-0.05, 0) is 18.4 Å². The van der Waals surface area contributed by atoms with E-state index < -0.39 is 0 Å². The molecule has 0 atom stereocenters. The van der Waals surface area contributed by atoms with Gasteiger partial charge in [0.1, 0.15) is 0 Å². The Labute approximate surface area is 120 Å². The Morgan fingerprint density at radius 3 is 2.94 bits per heavy atom. The number of nitrogens with two attached hydrogens (primary N) is 1. The summed E-state index contributed by atoms with van der Waals surface area (Å²) >= 11 is 0. The van der Waals surface area contributed by atoms with Crippen LogP contribution < -0.4 is 11.1 Å². The Morgan fingerprint density at radius 2 is 2.35 bits per heavy atom. The maximum absolute atomic E-state index is 5.70. The van der Waals surface area contributed by atoms with Crippen LogP contribution in [0.25, 0.3) is 0 Å². The number of rotatable bonds is 6. The summed E-state index contributed by atoms with van der Waals surface area (Å²) in [5, 5.41) is 7.19. The van der Waals surface area contributed by atoms with Gasteiger partial charge in [0, 0.05) is 26.3 Å². The fourth-order valence-corrected chi connectivity index (χ4v) is 1.35. The molecule has 0 fully saturated rings. The van der Waals surface area contributed by atoms with Gasteiger partial charge in [-0.15, -0.1) is 24.0 Å². The van der Waals surface area contributed by atoms with Gasteiger partial charge in [-0.3, -0.25) is 9.67 Å². The molecule has 0 amide bonds. The molecule has 0 spiro atoms. The van der Waals surface area contributed by atoms with Gasteiger partial charge >= 0.3 is 0 Å². The van der Waals surface area contributed by atoms with E-state index in [2.05, 4.69) is 22.3 Å². The highest BCUT2D eigenvalue weighted by Crippen LogP contribution is 1.95. The number of guanidine groups is 1. The molecule has 0 radical (unpaired) electrons. The molecule has 98 valence electrons. The third-order valence-corrected chi connectivity index (χ3v) is 2.27. The molecule has 0 aliphatic rings. The third kappa shape index (κ3) is 7.19. The van der Waals surface area contributed by atoms with Crippen LogP contribution in [0.1, 0.15) is 25.3 Å². The van der Waals surface area contributed by atoms with Crippen molar-refractivity contribution >= 4 is 29.9 Å². The summed E-state index contributed by atoms with van der Waals surface area (Å²) in [6.45, 7) is 3.75. The zero-order valence-corrected chi connectivity index (χ0v) is 12.8. The summed E-state index contributed by atoms with van der Waals surface area (Å²) in [4.78, 5) is 4.21. The lowest BCUT2D eigenvalue weighted by atomic mass is 10.2. The van der Waals surface area contributed by atoms with Gasteiger partial charge in [0.15, 0.2) is 5.96 Å². The number of hydrogen-bond acceptors (Lipinski definition) is 2. The molecule has 5 nitrogen and oxygen atoms in total. The molecule has 0 aliphatic heterocycles. The van der Waals surface area contributed by atoms with E-state index >= 15 is 0 Å². The van der Waals surface area contributed by atoms with Crippen molar-refractivity contribution in [1.29, 1.82) is 0 Å². The second-order valence-corrected chi connectivity index (χ2v) is 3.82. The van der Waals surface area contributed by atoms with Crippen LogP contribution in [0.4, 0.5) is 0 Å². The Morgan fingerprint density at radius 1 is 1.59 bits per heavy atom. The van der Waals surface area contributed by atoms with Crippen molar-refractivity contribution in [2.45, 2.75) is 26.2 Å². The topological polar surface area (TPSA) is 68.2 Å². The maximum Gasteiger partial charge on any atom is 0.188 e. The maximum atomic E-state index is 5.70. The van der Waals surface area contributed by atoms with Crippen LogP contribution in [0.3, 0.4) is 0 Å². The zero-order chi connectivity index (χ0) is 11.8. The van der Waals surface area contributed by atoms with Gasteiger partial charge in [-0.25, -0.2) is 0 Å². The first-order valence-electron chi connectivity index (χ1n) is 5.73. The van der Waals surface area contributed by atoms with Gasteiger partial charge < -0.3 is 11.1 Å². The molecule has 1 aromatic heterocycles. The highest BCUT2D eigenvalue weighted by Gasteiger charge is 1.96. The van der Waals surface area contributed by atoms with Gasteiger partial charge in [0.2, 0.25) is 0 Å². The molecule has 0 unspecified atom stereocenters. The molecule has 1 heterocycles. The average Bonchev–Trinajstić information content (AvgIpc) is 2.65. The van der Waals surface area contributed by atoms with Crippen molar-refractivity contribution in [3.8, 4) is 0 Å². The summed E-state index contributed by atoms with van der Waals surface area (Å²) in [7, 11) is 1.91. The monoisotopic (exact) mass is 351 g/mol. The molecule has 0 aliphatic carbocycles. The summed E-state index contributed by atoms with van der Waals surface area (Å²) in [5.41, 5.74) is 6.91. The number of aryl methyl sites for hydroxylation is 1. The lowest BCUT2D eigenvalue weighted by molar-refractivity contribution is 0.765. The van der Waals surface area contributed by atoms with Crippen LogP contribution in [0.5, 0.6) is 0 Å². The van der Waals surface area contributed by atoms with Crippen molar-refractivity contribution in [2.24, 2.45) is 17.8 Å². The highest BCUT2D eigenvalue weighted by atomic mass is 127. The van der Waals surface area contributed by atoms with Crippen LogP contribution >= 0.6 is 24.0 Å². The minimum atomic E-state index is 0. The predicted molar refractivity (Wildman–Crippen MR) is 81.7 cm³/mol. The Bertz CT molecular complexity index is 334. The fourth-order valence-electron chi connectivity index (χ4n) is 1.35. The van der Waals surface area contributed by atoms with Crippen LogP contribution in [0.15, 0.2) is 17.4 Å². The van der Waals surface area contributed by atoms with Crippen molar-refractivity contribution in [2.75, 3.05) is 13.1 Å². The van der Waals surface area contributed by atoms with Gasteiger partial charge in [0.05, 0.1) is 6.20 Å². The second-order valence-electron chi connectivity index (χ2n) is 3.82. The lowest BCUT2D eigenvalue weighted by Crippen LogP contribution is -2.33. The fraction of sp³-hybridized carbons (Fsp3) is 0.636.